The predicted octanol–water partition coefficient (Wildman–Crippen LogP) is 5.09. The first-order valence-electron chi connectivity index (χ1n) is 12.8. The van der Waals surface area contributed by atoms with Crippen LogP contribution in [-0.4, -0.2) is 47.9 Å². The van der Waals surface area contributed by atoms with Crippen LogP contribution in [0.5, 0.6) is 0 Å². The van der Waals surface area contributed by atoms with Crippen molar-refractivity contribution in [2.75, 3.05) is 11.4 Å². The van der Waals surface area contributed by atoms with E-state index in [4.69, 9.17) is 18.9 Å². The summed E-state index contributed by atoms with van der Waals surface area (Å²) in [5.74, 6) is -0.788. The lowest BCUT2D eigenvalue weighted by molar-refractivity contribution is -0.209. The number of benzene rings is 3. The molecule has 0 saturated carbocycles. The molecule has 7 heteroatoms. The molecule has 3 aromatic rings. The van der Waals surface area contributed by atoms with Crippen molar-refractivity contribution in [3.05, 3.63) is 102 Å². The molecule has 0 N–H and O–H groups in total. The van der Waals surface area contributed by atoms with Crippen LogP contribution < -0.4 is 4.90 Å². The van der Waals surface area contributed by atoms with E-state index in [1.165, 1.54) is 5.56 Å². The van der Waals surface area contributed by atoms with Crippen LogP contribution in [-0.2, 0) is 38.6 Å². The van der Waals surface area contributed by atoms with Crippen molar-refractivity contribution in [3.8, 4) is 0 Å². The van der Waals surface area contributed by atoms with Gasteiger partial charge in [-0.1, -0.05) is 78.9 Å². The molecule has 0 bridgehead atoms. The highest BCUT2D eigenvalue weighted by atomic mass is 16.8. The van der Waals surface area contributed by atoms with Gasteiger partial charge >= 0.3 is 6.09 Å². The van der Waals surface area contributed by atoms with E-state index in [9.17, 15) is 4.79 Å². The molecule has 0 aromatic heterocycles. The molecule has 37 heavy (non-hydrogen) atoms. The van der Waals surface area contributed by atoms with Gasteiger partial charge in [-0.3, -0.25) is 4.90 Å². The Morgan fingerprint density at radius 1 is 0.919 bits per heavy atom. The molecule has 7 nitrogen and oxygen atoms in total. The fraction of sp³-hybridized carbons (Fsp3) is 0.367. The summed E-state index contributed by atoms with van der Waals surface area (Å²) >= 11 is 0. The van der Waals surface area contributed by atoms with Crippen LogP contribution >= 0.6 is 0 Å². The highest BCUT2D eigenvalue weighted by Crippen LogP contribution is 2.42. The fourth-order valence-corrected chi connectivity index (χ4v) is 5.59. The van der Waals surface area contributed by atoms with Gasteiger partial charge in [0.1, 0.15) is 18.8 Å². The SMILES string of the molecule is CC1(C)O[C@H]2O[C@@H]3CN(Cc4ccccc4)c4ccccc4CN(C(=O)OCc4ccccc4)[C@@H]3[C@H]2O1. The van der Waals surface area contributed by atoms with Gasteiger partial charge in [-0.25, -0.2) is 4.79 Å². The van der Waals surface area contributed by atoms with Gasteiger partial charge in [0, 0.05) is 18.8 Å². The molecule has 0 spiro atoms. The number of hydrogen-bond acceptors (Lipinski definition) is 6. The molecule has 0 radical (unpaired) electrons. The molecule has 6 rings (SSSR count). The monoisotopic (exact) mass is 500 g/mol. The fourth-order valence-electron chi connectivity index (χ4n) is 5.59. The van der Waals surface area contributed by atoms with E-state index in [0.29, 0.717) is 13.1 Å². The van der Waals surface area contributed by atoms with E-state index in [2.05, 4.69) is 41.3 Å². The van der Waals surface area contributed by atoms with Crippen molar-refractivity contribution in [1.29, 1.82) is 0 Å². The first-order chi connectivity index (χ1) is 18.0. The summed E-state index contributed by atoms with van der Waals surface area (Å²) in [5, 5.41) is 0. The van der Waals surface area contributed by atoms with Crippen molar-refractivity contribution in [3.63, 3.8) is 0 Å². The Labute approximate surface area is 217 Å². The van der Waals surface area contributed by atoms with Gasteiger partial charge in [0.2, 0.25) is 0 Å². The molecule has 2 fully saturated rings. The van der Waals surface area contributed by atoms with Crippen LogP contribution in [0.15, 0.2) is 84.9 Å². The Hall–Kier alpha value is -3.39. The number of nitrogens with zero attached hydrogens (tertiary/aromatic N) is 2. The van der Waals surface area contributed by atoms with Gasteiger partial charge in [0.25, 0.3) is 0 Å². The molecular formula is C30H32N2O5. The number of ether oxygens (including phenoxy) is 4. The summed E-state index contributed by atoms with van der Waals surface area (Å²) in [6.07, 6.45) is -1.66. The zero-order valence-corrected chi connectivity index (χ0v) is 21.2. The third-order valence-electron chi connectivity index (χ3n) is 7.20. The zero-order valence-electron chi connectivity index (χ0n) is 21.2. The molecule has 3 aliphatic heterocycles. The minimum Gasteiger partial charge on any atom is -0.445 e. The second-order valence-electron chi connectivity index (χ2n) is 10.3. The molecule has 192 valence electrons. The maximum atomic E-state index is 13.6. The lowest BCUT2D eigenvalue weighted by Gasteiger charge is -2.40. The van der Waals surface area contributed by atoms with Gasteiger partial charge < -0.3 is 23.8 Å². The number of fused-ring (bicyclic) bond motifs is 4. The van der Waals surface area contributed by atoms with Gasteiger partial charge in [-0.15, -0.1) is 0 Å². The zero-order chi connectivity index (χ0) is 25.4. The molecule has 2 saturated heterocycles. The van der Waals surface area contributed by atoms with Crippen LogP contribution in [0, 0.1) is 0 Å². The van der Waals surface area contributed by atoms with E-state index in [0.717, 1.165) is 23.4 Å². The minimum atomic E-state index is -0.788. The van der Waals surface area contributed by atoms with Gasteiger partial charge in [-0.05, 0) is 36.6 Å². The van der Waals surface area contributed by atoms with Gasteiger partial charge in [0.05, 0.1) is 12.6 Å². The smallest absolute Gasteiger partial charge is 0.410 e. The van der Waals surface area contributed by atoms with Crippen molar-refractivity contribution >= 4 is 11.8 Å². The number of anilines is 1. The molecule has 4 atom stereocenters. The number of carbonyl (C=O) groups is 1. The first kappa shape index (κ1) is 24.0. The third kappa shape index (κ3) is 4.94. The molecule has 0 unspecified atom stereocenters. The Morgan fingerprint density at radius 2 is 1.59 bits per heavy atom. The van der Waals surface area contributed by atoms with Crippen LogP contribution in [0.3, 0.4) is 0 Å². The van der Waals surface area contributed by atoms with Gasteiger partial charge in [-0.2, -0.15) is 0 Å². The van der Waals surface area contributed by atoms with E-state index in [1.807, 2.05) is 62.4 Å². The number of carbonyl (C=O) groups excluding carboxylic acids is 1. The van der Waals surface area contributed by atoms with E-state index in [-0.39, 0.29) is 24.8 Å². The number of hydrogen-bond donors (Lipinski definition) is 0. The van der Waals surface area contributed by atoms with Crippen molar-refractivity contribution in [2.45, 2.75) is 63.9 Å². The molecule has 3 aliphatic rings. The minimum absolute atomic E-state index is 0.202. The lowest BCUT2D eigenvalue weighted by Crippen LogP contribution is -2.55. The van der Waals surface area contributed by atoms with E-state index >= 15 is 0 Å². The summed E-state index contributed by atoms with van der Waals surface area (Å²) in [6, 6.07) is 28.0. The Kier molecular flexibility index (Phi) is 6.36. The van der Waals surface area contributed by atoms with Crippen molar-refractivity contribution in [1.82, 2.24) is 4.90 Å². The van der Waals surface area contributed by atoms with Crippen LogP contribution in [0.2, 0.25) is 0 Å². The maximum Gasteiger partial charge on any atom is 0.410 e. The summed E-state index contributed by atoms with van der Waals surface area (Å²) in [5.41, 5.74) is 4.28. The van der Waals surface area contributed by atoms with Crippen LogP contribution in [0.1, 0.15) is 30.5 Å². The van der Waals surface area contributed by atoms with Gasteiger partial charge in [0.15, 0.2) is 12.1 Å². The van der Waals surface area contributed by atoms with Crippen LogP contribution in [0.25, 0.3) is 0 Å². The number of para-hydroxylation sites is 1. The summed E-state index contributed by atoms with van der Waals surface area (Å²) in [7, 11) is 0. The molecule has 1 amide bonds. The molecule has 3 aromatic carbocycles. The second kappa shape index (κ2) is 9.82. The normalized spacial score (nSPS) is 26.0. The highest BCUT2D eigenvalue weighted by Gasteiger charge is 2.58. The van der Waals surface area contributed by atoms with Crippen molar-refractivity contribution < 1.29 is 23.7 Å². The maximum absolute atomic E-state index is 13.6. The summed E-state index contributed by atoms with van der Waals surface area (Å²) in [4.78, 5) is 17.8. The largest absolute Gasteiger partial charge is 0.445 e. The lowest BCUT2D eigenvalue weighted by atomic mass is 9.99. The van der Waals surface area contributed by atoms with Crippen LogP contribution in [0.4, 0.5) is 10.5 Å². The van der Waals surface area contributed by atoms with Crippen molar-refractivity contribution in [2.24, 2.45) is 0 Å². The predicted molar refractivity (Wildman–Crippen MR) is 139 cm³/mol. The quantitative estimate of drug-likeness (QED) is 0.497. The average molecular weight is 501 g/mol. The molecular weight excluding hydrogens is 468 g/mol. The van der Waals surface area contributed by atoms with E-state index in [1.54, 1.807) is 4.90 Å². The Balaban J connectivity index is 1.34. The topological polar surface area (TPSA) is 60.5 Å². The third-order valence-corrected chi connectivity index (χ3v) is 7.20. The number of amides is 1. The Bertz CT molecular complexity index is 1230. The highest BCUT2D eigenvalue weighted by molar-refractivity contribution is 5.69. The second-order valence-corrected chi connectivity index (χ2v) is 10.3. The number of rotatable bonds is 4. The summed E-state index contributed by atoms with van der Waals surface area (Å²) < 4.78 is 24.7. The summed E-state index contributed by atoms with van der Waals surface area (Å²) in [6.45, 7) is 5.65. The first-order valence-corrected chi connectivity index (χ1v) is 12.8. The Morgan fingerprint density at radius 3 is 2.35 bits per heavy atom. The molecule has 0 aliphatic carbocycles. The molecule has 3 heterocycles. The van der Waals surface area contributed by atoms with E-state index < -0.39 is 18.2 Å². The standard InChI is InChI=1S/C30H32N2O5/c1-30(2)36-27-26-25(35-28(27)37-30)19-31(17-21-11-5-3-6-12-21)24-16-10-9-15-23(24)18-32(26)29(33)34-20-22-13-7-4-8-14-22/h3-16,25-28H,17-20H2,1-2H3/t25-,26+,27-,28-/m1/s1. The average Bonchev–Trinajstić information content (AvgIpc) is 3.36.